The first kappa shape index (κ1) is 18.0. The van der Waals surface area contributed by atoms with Gasteiger partial charge >= 0.3 is 5.97 Å². The Morgan fingerprint density at radius 3 is 2.43 bits per heavy atom. The molecule has 1 heterocycles. The van der Waals surface area contributed by atoms with Crippen molar-refractivity contribution in [1.82, 2.24) is 9.80 Å². The highest BCUT2D eigenvalue weighted by Gasteiger charge is 2.31. The zero-order valence-electron chi connectivity index (χ0n) is 13.8. The maximum absolute atomic E-state index is 12.4. The van der Waals surface area contributed by atoms with Crippen LogP contribution >= 0.6 is 0 Å². The normalized spacial score (nSPS) is 22.6. The molecule has 1 rings (SSSR count). The molecule has 0 radical (unpaired) electrons. The molecule has 1 aliphatic heterocycles. The van der Waals surface area contributed by atoms with E-state index in [0.29, 0.717) is 5.92 Å². The molecule has 3 unspecified atom stereocenters. The monoisotopic (exact) mass is 298 g/mol. The zero-order chi connectivity index (χ0) is 16.0. The summed E-state index contributed by atoms with van der Waals surface area (Å²) in [6.07, 6.45) is 2.33. The van der Waals surface area contributed by atoms with Crippen molar-refractivity contribution in [3.05, 3.63) is 0 Å². The van der Waals surface area contributed by atoms with E-state index in [9.17, 15) is 9.59 Å². The smallest absolute Gasteiger partial charge is 0.303 e. The number of rotatable bonds is 7. The third-order valence-electron chi connectivity index (χ3n) is 4.77. The number of carboxylic acids is 1. The molecule has 5 nitrogen and oxygen atoms in total. The summed E-state index contributed by atoms with van der Waals surface area (Å²) in [5, 5.41) is 8.94. The lowest BCUT2D eigenvalue weighted by atomic mass is 9.84. The van der Waals surface area contributed by atoms with Crippen LogP contribution in [0.3, 0.4) is 0 Å². The molecule has 0 aromatic heterocycles. The lowest BCUT2D eigenvalue weighted by Crippen LogP contribution is -2.51. The standard InChI is InChI=1S/C16H30N2O3/c1-5-17(6-2)16(21)13(4)18-9-7-8-14(11-18)12(3)10-15(19)20/h12-14H,5-11H2,1-4H3,(H,19,20). The van der Waals surface area contributed by atoms with Gasteiger partial charge in [0.25, 0.3) is 0 Å². The van der Waals surface area contributed by atoms with Gasteiger partial charge in [-0.1, -0.05) is 6.92 Å². The zero-order valence-corrected chi connectivity index (χ0v) is 13.8. The average molecular weight is 298 g/mol. The van der Waals surface area contributed by atoms with Gasteiger partial charge in [-0.05, 0) is 52.0 Å². The highest BCUT2D eigenvalue weighted by molar-refractivity contribution is 5.81. The van der Waals surface area contributed by atoms with E-state index >= 15 is 0 Å². The van der Waals surface area contributed by atoms with Crippen molar-refractivity contribution in [1.29, 1.82) is 0 Å². The number of aliphatic carboxylic acids is 1. The number of hydrogen-bond acceptors (Lipinski definition) is 3. The third-order valence-corrected chi connectivity index (χ3v) is 4.77. The average Bonchev–Trinajstić information content (AvgIpc) is 2.47. The molecule has 1 fully saturated rings. The quantitative estimate of drug-likeness (QED) is 0.781. The number of carbonyl (C=O) groups is 2. The van der Waals surface area contributed by atoms with Crippen molar-refractivity contribution in [2.45, 2.75) is 53.0 Å². The van der Waals surface area contributed by atoms with Crippen molar-refractivity contribution in [2.75, 3.05) is 26.2 Å². The highest BCUT2D eigenvalue weighted by atomic mass is 16.4. The maximum Gasteiger partial charge on any atom is 0.303 e. The van der Waals surface area contributed by atoms with Crippen LogP contribution < -0.4 is 0 Å². The van der Waals surface area contributed by atoms with Crippen molar-refractivity contribution >= 4 is 11.9 Å². The lowest BCUT2D eigenvalue weighted by molar-refractivity contribution is -0.140. The van der Waals surface area contributed by atoms with E-state index in [1.807, 2.05) is 32.6 Å². The second kappa shape index (κ2) is 8.37. The van der Waals surface area contributed by atoms with Gasteiger partial charge in [-0.3, -0.25) is 14.5 Å². The fraction of sp³-hybridized carbons (Fsp3) is 0.875. The Labute approximate surface area is 128 Å². The van der Waals surface area contributed by atoms with Crippen LogP contribution in [0.15, 0.2) is 0 Å². The molecule has 1 aliphatic rings. The summed E-state index contributed by atoms with van der Waals surface area (Å²) in [6, 6.07) is -0.107. The molecule has 1 saturated heterocycles. The summed E-state index contributed by atoms with van der Waals surface area (Å²) in [7, 11) is 0. The second-order valence-corrected chi connectivity index (χ2v) is 6.16. The fourth-order valence-corrected chi connectivity index (χ4v) is 3.25. The minimum Gasteiger partial charge on any atom is -0.481 e. The van der Waals surface area contributed by atoms with Gasteiger partial charge < -0.3 is 10.0 Å². The number of piperidine rings is 1. The topological polar surface area (TPSA) is 60.9 Å². The van der Waals surface area contributed by atoms with E-state index in [-0.39, 0.29) is 24.3 Å². The number of likely N-dealkylation sites (N-methyl/N-ethyl adjacent to an activating group) is 1. The van der Waals surface area contributed by atoms with E-state index < -0.39 is 5.97 Å². The minimum absolute atomic E-state index is 0.107. The van der Waals surface area contributed by atoms with E-state index in [1.54, 1.807) is 0 Å². The molecule has 0 saturated carbocycles. The van der Waals surface area contributed by atoms with Crippen LogP contribution in [0.25, 0.3) is 0 Å². The van der Waals surface area contributed by atoms with Crippen LogP contribution in [0.5, 0.6) is 0 Å². The van der Waals surface area contributed by atoms with E-state index in [4.69, 9.17) is 5.11 Å². The van der Waals surface area contributed by atoms with Gasteiger partial charge in [0.2, 0.25) is 5.91 Å². The van der Waals surface area contributed by atoms with E-state index in [2.05, 4.69) is 4.90 Å². The van der Waals surface area contributed by atoms with Crippen LogP contribution in [0.1, 0.15) is 47.0 Å². The second-order valence-electron chi connectivity index (χ2n) is 6.16. The Kier molecular flexibility index (Phi) is 7.15. The summed E-state index contributed by atoms with van der Waals surface area (Å²) >= 11 is 0. The maximum atomic E-state index is 12.4. The van der Waals surface area contributed by atoms with Crippen molar-refractivity contribution in [3.8, 4) is 0 Å². The molecule has 3 atom stereocenters. The summed E-state index contributed by atoms with van der Waals surface area (Å²) in [6.45, 7) is 11.2. The number of hydrogen-bond donors (Lipinski definition) is 1. The first-order valence-corrected chi connectivity index (χ1v) is 8.15. The number of carbonyl (C=O) groups excluding carboxylic acids is 1. The van der Waals surface area contributed by atoms with Gasteiger partial charge in [-0.25, -0.2) is 0 Å². The van der Waals surface area contributed by atoms with Crippen LogP contribution in [-0.4, -0.2) is 59.0 Å². The molecule has 1 N–H and O–H groups in total. The molecule has 5 heteroatoms. The molecule has 0 aromatic rings. The highest BCUT2D eigenvalue weighted by Crippen LogP contribution is 2.27. The number of likely N-dealkylation sites (tertiary alicyclic amines) is 1. The Morgan fingerprint density at radius 1 is 1.29 bits per heavy atom. The summed E-state index contributed by atoms with van der Waals surface area (Å²) in [4.78, 5) is 27.4. The number of amides is 1. The molecule has 0 bridgehead atoms. The first-order valence-electron chi connectivity index (χ1n) is 8.15. The van der Waals surface area contributed by atoms with E-state index in [0.717, 1.165) is 39.0 Å². The molecule has 0 aromatic carbocycles. The van der Waals surface area contributed by atoms with Crippen molar-refractivity contribution in [2.24, 2.45) is 11.8 Å². The number of carboxylic acid groups (broad SMARTS) is 1. The van der Waals surface area contributed by atoms with Crippen LogP contribution in [-0.2, 0) is 9.59 Å². The molecule has 0 spiro atoms. The van der Waals surface area contributed by atoms with Crippen LogP contribution in [0.4, 0.5) is 0 Å². The Bertz CT molecular complexity index is 355. The minimum atomic E-state index is -0.730. The molecule has 0 aliphatic carbocycles. The molecule has 122 valence electrons. The Hall–Kier alpha value is -1.10. The molecule has 21 heavy (non-hydrogen) atoms. The SMILES string of the molecule is CCN(CC)C(=O)C(C)N1CCCC(C(C)CC(=O)O)C1. The first-order chi connectivity index (χ1) is 9.90. The Balaban J connectivity index is 2.62. The molecular formula is C16H30N2O3. The van der Waals surface area contributed by atoms with Gasteiger partial charge in [-0.15, -0.1) is 0 Å². The predicted molar refractivity (Wildman–Crippen MR) is 83.1 cm³/mol. The summed E-state index contributed by atoms with van der Waals surface area (Å²) in [5.41, 5.74) is 0. The summed E-state index contributed by atoms with van der Waals surface area (Å²) in [5.74, 6) is 0.00119. The van der Waals surface area contributed by atoms with Gasteiger partial charge in [0, 0.05) is 26.1 Å². The van der Waals surface area contributed by atoms with Gasteiger partial charge in [0.05, 0.1) is 6.04 Å². The van der Waals surface area contributed by atoms with Crippen LogP contribution in [0.2, 0.25) is 0 Å². The molecular weight excluding hydrogens is 268 g/mol. The van der Waals surface area contributed by atoms with E-state index in [1.165, 1.54) is 0 Å². The predicted octanol–water partition coefficient (Wildman–Crippen LogP) is 2.07. The Morgan fingerprint density at radius 2 is 1.90 bits per heavy atom. The van der Waals surface area contributed by atoms with Crippen LogP contribution in [0, 0.1) is 11.8 Å². The number of nitrogens with zero attached hydrogens (tertiary/aromatic N) is 2. The molecule has 1 amide bonds. The third kappa shape index (κ3) is 4.99. The largest absolute Gasteiger partial charge is 0.481 e. The van der Waals surface area contributed by atoms with Gasteiger partial charge in [-0.2, -0.15) is 0 Å². The van der Waals surface area contributed by atoms with Crippen molar-refractivity contribution < 1.29 is 14.7 Å². The lowest BCUT2D eigenvalue weighted by Gasteiger charge is -2.39. The van der Waals surface area contributed by atoms with Gasteiger partial charge in [0.15, 0.2) is 0 Å². The van der Waals surface area contributed by atoms with Crippen molar-refractivity contribution in [3.63, 3.8) is 0 Å². The fourth-order valence-electron chi connectivity index (χ4n) is 3.25. The van der Waals surface area contributed by atoms with Gasteiger partial charge in [0.1, 0.15) is 0 Å². The summed E-state index contributed by atoms with van der Waals surface area (Å²) < 4.78 is 0.